The van der Waals surface area contributed by atoms with Gasteiger partial charge in [0, 0.05) is 0 Å². The summed E-state index contributed by atoms with van der Waals surface area (Å²) in [4.78, 5) is 0. The van der Waals surface area contributed by atoms with Gasteiger partial charge in [0.2, 0.25) is 0 Å². The van der Waals surface area contributed by atoms with Crippen LogP contribution < -0.4 is 0 Å². The zero-order valence-electron chi connectivity index (χ0n) is 6.86. The Bertz CT molecular complexity index is 219. The van der Waals surface area contributed by atoms with Crippen LogP contribution in [0.5, 0.6) is 0 Å². The van der Waals surface area contributed by atoms with E-state index in [4.69, 9.17) is 0 Å². The molecule has 1 radical (unpaired) electrons. The third-order valence-corrected chi connectivity index (χ3v) is 2.17. The molecule has 10 heavy (non-hydrogen) atoms. The molecule has 0 aliphatic rings. The molecule has 1 aromatic rings. The maximum Gasteiger partial charge on any atom is -0.0235 e. The number of benzene rings is 1. The molecule has 0 saturated carbocycles. The number of hydrogen-bond donors (Lipinski definition) is 0. The quantitative estimate of drug-likeness (QED) is 0.510. The average Bonchev–Trinajstić information content (AvgIpc) is 1.93. The van der Waals surface area contributed by atoms with Gasteiger partial charge in [0.1, 0.15) is 0 Å². The first-order valence-corrected chi connectivity index (χ1v) is 3.51. The van der Waals surface area contributed by atoms with Crippen LogP contribution in [0.15, 0.2) is 12.1 Å². The molecule has 0 heterocycles. The van der Waals surface area contributed by atoms with Crippen molar-refractivity contribution in [1.29, 1.82) is 0 Å². The third kappa shape index (κ3) is 1.06. The fourth-order valence-corrected chi connectivity index (χ4v) is 1.01. The lowest BCUT2D eigenvalue weighted by atomic mass is 10.0. The SMILES string of the molecule is [CH2]c1ccc(C)c(C)c1C. The van der Waals surface area contributed by atoms with E-state index in [1.807, 2.05) is 0 Å². The van der Waals surface area contributed by atoms with Crippen LogP contribution in [-0.2, 0) is 0 Å². The monoisotopic (exact) mass is 133 g/mol. The largest absolute Gasteiger partial charge is 0.0588 e. The summed E-state index contributed by atoms with van der Waals surface area (Å²) >= 11 is 0. The third-order valence-electron chi connectivity index (χ3n) is 2.17. The minimum absolute atomic E-state index is 1.14. The second-order valence-electron chi connectivity index (χ2n) is 2.79. The fourth-order valence-electron chi connectivity index (χ4n) is 1.01. The zero-order chi connectivity index (χ0) is 7.72. The van der Waals surface area contributed by atoms with Gasteiger partial charge in [0.15, 0.2) is 0 Å². The molecule has 0 amide bonds. The Kier molecular flexibility index (Phi) is 1.80. The van der Waals surface area contributed by atoms with E-state index in [0.29, 0.717) is 0 Å². The smallest absolute Gasteiger partial charge is 0.0235 e. The average molecular weight is 133 g/mol. The summed E-state index contributed by atoms with van der Waals surface area (Å²) in [5.41, 5.74) is 5.18. The van der Waals surface area contributed by atoms with Gasteiger partial charge >= 0.3 is 0 Å². The first-order valence-electron chi connectivity index (χ1n) is 3.51. The molecule has 1 rings (SSSR count). The van der Waals surface area contributed by atoms with E-state index in [2.05, 4.69) is 39.8 Å². The molecule has 0 atom stereocenters. The van der Waals surface area contributed by atoms with Crippen LogP contribution in [0.2, 0.25) is 0 Å². The van der Waals surface area contributed by atoms with Gasteiger partial charge in [-0.05, 0) is 49.9 Å². The minimum Gasteiger partial charge on any atom is -0.0588 e. The second-order valence-corrected chi connectivity index (χ2v) is 2.79. The maximum atomic E-state index is 3.92. The Labute approximate surface area is 62.9 Å². The molecule has 0 fully saturated rings. The Morgan fingerprint density at radius 2 is 1.60 bits per heavy atom. The summed E-state index contributed by atoms with van der Waals surface area (Å²) in [6, 6.07) is 4.18. The highest BCUT2D eigenvalue weighted by molar-refractivity contribution is 5.39. The van der Waals surface area contributed by atoms with Crippen molar-refractivity contribution in [1.82, 2.24) is 0 Å². The molecule has 1 aromatic carbocycles. The van der Waals surface area contributed by atoms with Crippen LogP contribution in [0.1, 0.15) is 22.3 Å². The van der Waals surface area contributed by atoms with Gasteiger partial charge in [-0.2, -0.15) is 0 Å². The number of rotatable bonds is 0. The number of hydrogen-bond acceptors (Lipinski definition) is 0. The second kappa shape index (κ2) is 2.45. The van der Waals surface area contributed by atoms with E-state index in [1.54, 1.807) is 0 Å². The van der Waals surface area contributed by atoms with Crippen molar-refractivity contribution < 1.29 is 0 Å². The van der Waals surface area contributed by atoms with Crippen molar-refractivity contribution in [3.05, 3.63) is 41.3 Å². The summed E-state index contributed by atoms with van der Waals surface area (Å²) < 4.78 is 0. The Morgan fingerprint density at radius 3 is 2.10 bits per heavy atom. The van der Waals surface area contributed by atoms with Crippen LogP contribution >= 0.6 is 0 Å². The van der Waals surface area contributed by atoms with E-state index >= 15 is 0 Å². The highest BCUT2D eigenvalue weighted by Gasteiger charge is 1.97. The lowest BCUT2D eigenvalue weighted by Gasteiger charge is -2.06. The van der Waals surface area contributed by atoms with Gasteiger partial charge in [0.25, 0.3) is 0 Å². The fraction of sp³-hybridized carbons (Fsp3) is 0.300. The highest BCUT2D eigenvalue weighted by Crippen LogP contribution is 2.15. The summed E-state index contributed by atoms with van der Waals surface area (Å²) in [5.74, 6) is 0. The van der Waals surface area contributed by atoms with E-state index < -0.39 is 0 Å². The molecule has 0 heteroatoms. The molecule has 0 aromatic heterocycles. The van der Waals surface area contributed by atoms with E-state index in [0.717, 1.165) is 5.56 Å². The molecular weight excluding hydrogens is 120 g/mol. The molecule has 0 nitrogen and oxygen atoms in total. The Morgan fingerprint density at radius 1 is 1.00 bits per heavy atom. The normalized spacial score (nSPS) is 10.0. The first kappa shape index (κ1) is 7.33. The lowest BCUT2D eigenvalue weighted by Crippen LogP contribution is -1.88. The lowest BCUT2D eigenvalue weighted by molar-refractivity contribution is 1.25. The number of aryl methyl sites for hydroxylation is 1. The van der Waals surface area contributed by atoms with E-state index in [9.17, 15) is 0 Å². The predicted octanol–water partition coefficient (Wildman–Crippen LogP) is 2.79. The molecule has 0 N–H and O–H groups in total. The molecular formula is C10H13. The van der Waals surface area contributed by atoms with Gasteiger partial charge < -0.3 is 0 Å². The van der Waals surface area contributed by atoms with Gasteiger partial charge in [-0.3, -0.25) is 0 Å². The van der Waals surface area contributed by atoms with E-state index in [1.165, 1.54) is 16.7 Å². The summed E-state index contributed by atoms with van der Waals surface area (Å²) in [6.07, 6.45) is 0. The molecule has 0 aliphatic heterocycles. The molecule has 0 aliphatic carbocycles. The van der Waals surface area contributed by atoms with Crippen LogP contribution in [0.25, 0.3) is 0 Å². The molecule has 0 spiro atoms. The first-order chi connectivity index (χ1) is 4.63. The van der Waals surface area contributed by atoms with Gasteiger partial charge in [-0.25, -0.2) is 0 Å². The maximum absolute atomic E-state index is 3.92. The predicted molar refractivity (Wildman–Crippen MR) is 45.1 cm³/mol. The van der Waals surface area contributed by atoms with Crippen molar-refractivity contribution >= 4 is 0 Å². The molecule has 0 unspecified atom stereocenters. The van der Waals surface area contributed by atoms with Crippen LogP contribution in [-0.4, -0.2) is 0 Å². The van der Waals surface area contributed by atoms with Crippen molar-refractivity contribution in [3.63, 3.8) is 0 Å². The Balaban J connectivity index is 3.34. The van der Waals surface area contributed by atoms with Crippen molar-refractivity contribution in [2.24, 2.45) is 0 Å². The summed E-state index contributed by atoms with van der Waals surface area (Å²) in [7, 11) is 0. The van der Waals surface area contributed by atoms with Gasteiger partial charge in [-0.1, -0.05) is 12.1 Å². The summed E-state index contributed by atoms with van der Waals surface area (Å²) in [5, 5.41) is 0. The highest BCUT2D eigenvalue weighted by atomic mass is 14.0. The van der Waals surface area contributed by atoms with Crippen molar-refractivity contribution in [2.75, 3.05) is 0 Å². The zero-order valence-corrected chi connectivity index (χ0v) is 6.86. The van der Waals surface area contributed by atoms with Crippen molar-refractivity contribution in [3.8, 4) is 0 Å². The van der Waals surface area contributed by atoms with Crippen LogP contribution in [0.4, 0.5) is 0 Å². The minimum atomic E-state index is 1.14. The van der Waals surface area contributed by atoms with Crippen LogP contribution in [0, 0.1) is 27.7 Å². The molecule has 0 saturated heterocycles. The molecule has 0 bridgehead atoms. The Hall–Kier alpha value is -0.780. The van der Waals surface area contributed by atoms with E-state index in [-0.39, 0.29) is 0 Å². The standard InChI is InChI=1S/C10H13/c1-7-5-6-8(2)10(4)9(7)3/h5-6H,1H2,2-4H3. The topological polar surface area (TPSA) is 0 Å². The van der Waals surface area contributed by atoms with Crippen LogP contribution in [0.3, 0.4) is 0 Å². The summed E-state index contributed by atoms with van der Waals surface area (Å²) in [6.45, 7) is 10.3. The molecule has 53 valence electrons. The van der Waals surface area contributed by atoms with Crippen molar-refractivity contribution in [2.45, 2.75) is 20.8 Å². The van der Waals surface area contributed by atoms with Gasteiger partial charge in [0.05, 0.1) is 0 Å². The van der Waals surface area contributed by atoms with Gasteiger partial charge in [-0.15, -0.1) is 0 Å².